The lowest BCUT2D eigenvalue weighted by molar-refractivity contribution is 0.00699. The van der Waals surface area contributed by atoms with E-state index in [9.17, 15) is 4.79 Å². The normalized spacial score (nSPS) is 22.7. The van der Waals surface area contributed by atoms with Crippen molar-refractivity contribution in [3.8, 4) is 0 Å². The molecule has 1 aliphatic heterocycles. The number of hydrogen-bond donors (Lipinski definition) is 1. The molecule has 22 heavy (non-hydrogen) atoms. The number of carbonyl (C=O) groups is 1. The van der Waals surface area contributed by atoms with Crippen molar-refractivity contribution in [2.24, 2.45) is 0 Å². The standard InChI is InChI=1S/C15H24ClN3O2S/c1-10-11(17-9-13-18-8-12(16)22-13)6-5-7-19(10)14(20)21-15(2,3)4/h8,10-11,17H,5-7,9H2,1-4H3. The van der Waals surface area contributed by atoms with Crippen molar-refractivity contribution in [2.45, 2.75) is 64.8 Å². The van der Waals surface area contributed by atoms with Gasteiger partial charge in [-0.15, -0.1) is 11.3 Å². The van der Waals surface area contributed by atoms with Gasteiger partial charge in [0, 0.05) is 25.2 Å². The molecule has 0 aliphatic carbocycles. The number of nitrogens with zero attached hydrogens (tertiary/aromatic N) is 2. The van der Waals surface area contributed by atoms with Crippen LogP contribution in [-0.4, -0.2) is 40.2 Å². The molecule has 2 unspecified atom stereocenters. The Balaban J connectivity index is 1.91. The van der Waals surface area contributed by atoms with Gasteiger partial charge < -0.3 is 15.0 Å². The van der Waals surface area contributed by atoms with Crippen LogP contribution < -0.4 is 5.32 Å². The molecule has 0 radical (unpaired) electrons. The summed E-state index contributed by atoms with van der Waals surface area (Å²) in [4.78, 5) is 18.4. The summed E-state index contributed by atoms with van der Waals surface area (Å²) in [6.07, 6.45) is 3.45. The van der Waals surface area contributed by atoms with Crippen LogP contribution in [0.3, 0.4) is 0 Å². The lowest BCUT2D eigenvalue weighted by atomic mass is 9.98. The van der Waals surface area contributed by atoms with Gasteiger partial charge in [-0.1, -0.05) is 11.6 Å². The summed E-state index contributed by atoms with van der Waals surface area (Å²) in [5, 5.41) is 4.45. The fourth-order valence-corrected chi connectivity index (χ4v) is 3.49. The molecular weight excluding hydrogens is 322 g/mol. The van der Waals surface area contributed by atoms with E-state index in [0.29, 0.717) is 10.9 Å². The zero-order chi connectivity index (χ0) is 16.3. The lowest BCUT2D eigenvalue weighted by Gasteiger charge is -2.40. The van der Waals surface area contributed by atoms with Gasteiger partial charge in [0.1, 0.15) is 14.9 Å². The highest BCUT2D eigenvalue weighted by atomic mass is 35.5. The average molecular weight is 346 g/mol. The van der Waals surface area contributed by atoms with Gasteiger partial charge in [-0.25, -0.2) is 9.78 Å². The summed E-state index contributed by atoms with van der Waals surface area (Å²) in [6.45, 7) is 9.16. The van der Waals surface area contributed by atoms with Gasteiger partial charge in [0.25, 0.3) is 0 Å². The van der Waals surface area contributed by atoms with Crippen molar-refractivity contribution in [2.75, 3.05) is 6.54 Å². The molecule has 0 saturated carbocycles. The molecular formula is C15H24ClN3O2S. The number of halogens is 1. The number of hydrogen-bond acceptors (Lipinski definition) is 5. The highest BCUT2D eigenvalue weighted by Gasteiger charge is 2.33. The monoisotopic (exact) mass is 345 g/mol. The van der Waals surface area contributed by atoms with Gasteiger partial charge in [0.15, 0.2) is 0 Å². The second-order valence-electron chi connectivity index (χ2n) is 6.60. The van der Waals surface area contributed by atoms with Crippen LogP contribution >= 0.6 is 22.9 Å². The molecule has 1 N–H and O–H groups in total. The summed E-state index contributed by atoms with van der Waals surface area (Å²) in [6, 6.07) is 0.336. The number of rotatable bonds is 3. The fourth-order valence-electron chi connectivity index (χ4n) is 2.58. The first-order chi connectivity index (χ1) is 10.3. The average Bonchev–Trinajstić information content (AvgIpc) is 2.81. The minimum absolute atomic E-state index is 0.0963. The third kappa shape index (κ3) is 4.83. The Morgan fingerprint density at radius 3 is 2.91 bits per heavy atom. The van der Waals surface area contributed by atoms with E-state index >= 15 is 0 Å². The molecule has 2 atom stereocenters. The van der Waals surface area contributed by atoms with E-state index in [2.05, 4.69) is 17.2 Å². The Morgan fingerprint density at radius 1 is 1.59 bits per heavy atom. The van der Waals surface area contributed by atoms with Crippen LogP contribution in [0.2, 0.25) is 4.34 Å². The van der Waals surface area contributed by atoms with Gasteiger partial charge in [0.2, 0.25) is 0 Å². The number of nitrogens with one attached hydrogen (secondary N) is 1. The Morgan fingerprint density at radius 2 is 2.32 bits per heavy atom. The van der Waals surface area contributed by atoms with Crippen molar-refractivity contribution in [1.82, 2.24) is 15.2 Å². The first-order valence-electron chi connectivity index (χ1n) is 7.59. The maximum absolute atomic E-state index is 12.3. The number of carbonyl (C=O) groups excluding carboxylic acids is 1. The SMILES string of the molecule is CC1C(NCc2ncc(Cl)s2)CCCN1C(=O)OC(C)(C)C. The fraction of sp³-hybridized carbons (Fsp3) is 0.733. The van der Waals surface area contributed by atoms with Crippen LogP contribution in [0.5, 0.6) is 0 Å². The van der Waals surface area contributed by atoms with Crippen molar-refractivity contribution < 1.29 is 9.53 Å². The van der Waals surface area contributed by atoms with Crippen molar-refractivity contribution in [1.29, 1.82) is 0 Å². The van der Waals surface area contributed by atoms with E-state index in [1.165, 1.54) is 11.3 Å². The smallest absolute Gasteiger partial charge is 0.410 e. The molecule has 1 aliphatic rings. The van der Waals surface area contributed by atoms with E-state index in [4.69, 9.17) is 16.3 Å². The summed E-state index contributed by atoms with van der Waals surface area (Å²) in [5.41, 5.74) is -0.463. The summed E-state index contributed by atoms with van der Waals surface area (Å²) in [5.74, 6) is 0. The van der Waals surface area contributed by atoms with Crippen LogP contribution in [-0.2, 0) is 11.3 Å². The predicted molar refractivity (Wildman–Crippen MR) is 89.4 cm³/mol. The maximum atomic E-state index is 12.3. The second-order valence-corrected chi connectivity index (χ2v) is 8.35. The second kappa shape index (κ2) is 7.15. The zero-order valence-electron chi connectivity index (χ0n) is 13.6. The van der Waals surface area contributed by atoms with Crippen molar-refractivity contribution in [3.63, 3.8) is 0 Å². The highest BCUT2D eigenvalue weighted by molar-refractivity contribution is 7.15. The molecule has 1 fully saturated rings. The van der Waals surface area contributed by atoms with Gasteiger partial charge in [-0.3, -0.25) is 0 Å². The van der Waals surface area contributed by atoms with Crippen molar-refractivity contribution in [3.05, 3.63) is 15.5 Å². The molecule has 1 amide bonds. The zero-order valence-corrected chi connectivity index (χ0v) is 15.1. The van der Waals surface area contributed by atoms with Crippen LogP contribution in [0, 0.1) is 0 Å². The van der Waals surface area contributed by atoms with Crippen LogP contribution in [0.1, 0.15) is 45.5 Å². The summed E-state index contributed by atoms with van der Waals surface area (Å²) < 4.78 is 6.19. The Bertz CT molecular complexity index is 515. The maximum Gasteiger partial charge on any atom is 0.410 e. The Hall–Kier alpha value is -0.850. The molecule has 1 aromatic heterocycles. The van der Waals surface area contributed by atoms with E-state index in [-0.39, 0.29) is 18.2 Å². The minimum atomic E-state index is -0.463. The molecule has 1 saturated heterocycles. The summed E-state index contributed by atoms with van der Waals surface area (Å²) in [7, 11) is 0. The predicted octanol–water partition coefficient (Wildman–Crippen LogP) is 3.67. The van der Waals surface area contributed by atoms with Crippen molar-refractivity contribution >= 4 is 29.0 Å². The van der Waals surface area contributed by atoms with Crippen LogP contribution in [0.25, 0.3) is 0 Å². The molecule has 0 spiro atoms. The largest absolute Gasteiger partial charge is 0.444 e. The molecule has 1 aromatic rings. The topological polar surface area (TPSA) is 54.5 Å². The van der Waals surface area contributed by atoms with Crippen LogP contribution in [0.15, 0.2) is 6.20 Å². The number of aromatic nitrogens is 1. The van der Waals surface area contributed by atoms with E-state index in [1.54, 1.807) is 6.20 Å². The van der Waals surface area contributed by atoms with Gasteiger partial charge in [0.05, 0.1) is 6.20 Å². The third-order valence-corrected chi connectivity index (χ3v) is 4.77. The molecule has 2 heterocycles. The molecule has 0 aromatic carbocycles. The quantitative estimate of drug-likeness (QED) is 0.908. The van der Waals surface area contributed by atoms with Gasteiger partial charge in [-0.2, -0.15) is 0 Å². The minimum Gasteiger partial charge on any atom is -0.444 e. The highest BCUT2D eigenvalue weighted by Crippen LogP contribution is 2.22. The molecule has 124 valence electrons. The number of ether oxygens (including phenoxy) is 1. The molecule has 0 bridgehead atoms. The van der Waals surface area contributed by atoms with Gasteiger partial charge in [-0.05, 0) is 40.5 Å². The number of piperidine rings is 1. The molecule has 7 heteroatoms. The molecule has 5 nitrogen and oxygen atoms in total. The Kier molecular flexibility index (Phi) is 5.69. The van der Waals surface area contributed by atoms with E-state index < -0.39 is 5.60 Å². The number of amides is 1. The number of likely N-dealkylation sites (tertiary alicyclic amines) is 1. The van der Waals surface area contributed by atoms with E-state index in [0.717, 1.165) is 24.4 Å². The third-order valence-electron chi connectivity index (χ3n) is 3.66. The first kappa shape index (κ1) is 17.5. The number of thiazole rings is 1. The lowest BCUT2D eigenvalue weighted by Crippen LogP contribution is -2.55. The summed E-state index contributed by atoms with van der Waals surface area (Å²) >= 11 is 7.37. The molecule has 2 rings (SSSR count). The first-order valence-corrected chi connectivity index (χ1v) is 8.79. The Labute approximate surface area is 141 Å². The van der Waals surface area contributed by atoms with Crippen LogP contribution in [0.4, 0.5) is 4.79 Å². The van der Waals surface area contributed by atoms with Gasteiger partial charge >= 0.3 is 6.09 Å². The van der Waals surface area contributed by atoms with E-state index in [1.807, 2.05) is 25.7 Å².